The number of ether oxygens (including phenoxy) is 1. The Morgan fingerprint density at radius 3 is 2.20 bits per heavy atom. The van der Waals surface area contributed by atoms with Crippen LogP contribution in [0.3, 0.4) is 0 Å². The Labute approximate surface area is 148 Å². The fraction of sp³-hybridized carbons (Fsp3) is 0.684. The molecule has 2 fully saturated rings. The van der Waals surface area contributed by atoms with Crippen molar-refractivity contribution in [1.29, 1.82) is 0 Å². The number of anilines is 2. The number of morpholine rings is 1. The molecule has 25 heavy (non-hydrogen) atoms. The molecule has 1 aromatic rings. The summed E-state index contributed by atoms with van der Waals surface area (Å²) in [5.74, 6) is -0.518. The highest BCUT2D eigenvalue weighted by atomic mass is 19.1. The van der Waals surface area contributed by atoms with Crippen molar-refractivity contribution in [3.8, 4) is 0 Å². The van der Waals surface area contributed by atoms with Crippen LogP contribution < -0.4 is 16.0 Å². The van der Waals surface area contributed by atoms with Crippen molar-refractivity contribution >= 4 is 11.4 Å². The summed E-state index contributed by atoms with van der Waals surface area (Å²) in [6, 6.07) is 3.11. The summed E-state index contributed by atoms with van der Waals surface area (Å²) in [5.41, 5.74) is 6.47. The lowest BCUT2D eigenvalue weighted by Gasteiger charge is -2.37. The van der Waals surface area contributed by atoms with E-state index in [1.165, 1.54) is 12.1 Å². The standard InChI is InChI=1S/C19H29F2N3O/c1-12-10-24(11-13(2)25-12)19-17(20)7-16(8-18(19)21)23-9-14-3-5-15(22)6-4-14/h7-8,12-15,23H,3-6,9-11,22H2,1-2H3/t12-,13-,14?,15?/m1/s1. The smallest absolute Gasteiger partial charge is 0.151 e. The molecular weight excluding hydrogens is 324 g/mol. The molecular formula is C19H29F2N3O. The lowest BCUT2D eigenvalue weighted by atomic mass is 9.86. The Balaban J connectivity index is 1.65. The van der Waals surface area contributed by atoms with Gasteiger partial charge < -0.3 is 20.7 Å². The molecule has 1 saturated carbocycles. The van der Waals surface area contributed by atoms with Gasteiger partial charge in [-0.2, -0.15) is 0 Å². The van der Waals surface area contributed by atoms with Gasteiger partial charge in [0, 0.05) is 31.4 Å². The van der Waals surface area contributed by atoms with Crippen LogP contribution in [-0.2, 0) is 4.74 Å². The molecule has 2 aliphatic rings. The van der Waals surface area contributed by atoms with E-state index in [0.29, 0.717) is 30.7 Å². The maximum Gasteiger partial charge on any atom is 0.151 e. The molecule has 6 heteroatoms. The van der Waals surface area contributed by atoms with Crippen molar-refractivity contribution in [2.75, 3.05) is 29.9 Å². The molecule has 4 nitrogen and oxygen atoms in total. The molecule has 0 aromatic heterocycles. The Hall–Kier alpha value is -1.40. The van der Waals surface area contributed by atoms with Crippen LogP contribution in [0, 0.1) is 17.6 Å². The summed E-state index contributed by atoms with van der Waals surface area (Å²) >= 11 is 0. The Morgan fingerprint density at radius 1 is 1.08 bits per heavy atom. The Bertz CT molecular complexity index is 557. The molecule has 1 heterocycles. The SMILES string of the molecule is C[C@@H]1CN(c2c(F)cc(NCC3CCC(N)CC3)cc2F)C[C@@H](C)O1. The predicted octanol–water partition coefficient (Wildman–Crippen LogP) is 3.51. The Morgan fingerprint density at radius 2 is 1.64 bits per heavy atom. The average Bonchev–Trinajstić information content (AvgIpc) is 2.53. The topological polar surface area (TPSA) is 50.5 Å². The lowest BCUT2D eigenvalue weighted by Crippen LogP contribution is -2.46. The Kier molecular flexibility index (Phi) is 5.79. The van der Waals surface area contributed by atoms with Crippen molar-refractivity contribution in [3.05, 3.63) is 23.8 Å². The zero-order valence-corrected chi connectivity index (χ0v) is 15.1. The monoisotopic (exact) mass is 353 g/mol. The van der Waals surface area contributed by atoms with Gasteiger partial charge in [0.25, 0.3) is 0 Å². The van der Waals surface area contributed by atoms with Crippen molar-refractivity contribution in [2.24, 2.45) is 11.7 Å². The number of benzene rings is 1. The first-order valence-corrected chi connectivity index (χ1v) is 9.31. The molecule has 3 rings (SSSR count). The maximum absolute atomic E-state index is 14.6. The van der Waals surface area contributed by atoms with Gasteiger partial charge in [0.1, 0.15) is 5.69 Å². The van der Waals surface area contributed by atoms with E-state index >= 15 is 0 Å². The van der Waals surface area contributed by atoms with Crippen LogP contribution in [0.4, 0.5) is 20.2 Å². The minimum absolute atomic E-state index is 0.0435. The van der Waals surface area contributed by atoms with Crippen molar-refractivity contribution in [3.63, 3.8) is 0 Å². The first-order chi connectivity index (χ1) is 11.9. The van der Waals surface area contributed by atoms with Crippen LogP contribution in [0.2, 0.25) is 0 Å². The quantitative estimate of drug-likeness (QED) is 0.870. The molecule has 1 aliphatic carbocycles. The summed E-state index contributed by atoms with van der Waals surface area (Å²) in [6.07, 6.45) is 4.11. The van der Waals surface area contributed by atoms with Gasteiger partial charge in [0.05, 0.1) is 12.2 Å². The van der Waals surface area contributed by atoms with E-state index < -0.39 is 11.6 Å². The first-order valence-electron chi connectivity index (χ1n) is 9.31. The zero-order valence-electron chi connectivity index (χ0n) is 15.1. The normalized spacial score (nSPS) is 30.4. The number of hydrogen-bond donors (Lipinski definition) is 2. The van der Waals surface area contributed by atoms with E-state index in [-0.39, 0.29) is 17.9 Å². The van der Waals surface area contributed by atoms with Gasteiger partial charge >= 0.3 is 0 Å². The fourth-order valence-electron chi connectivity index (χ4n) is 3.98. The van der Waals surface area contributed by atoms with Crippen LogP contribution in [-0.4, -0.2) is 37.9 Å². The lowest BCUT2D eigenvalue weighted by molar-refractivity contribution is -0.00557. The van der Waals surface area contributed by atoms with Gasteiger partial charge in [-0.15, -0.1) is 0 Å². The summed E-state index contributed by atoms with van der Waals surface area (Å²) in [5, 5.41) is 3.19. The predicted molar refractivity (Wildman–Crippen MR) is 97.0 cm³/mol. The average molecular weight is 353 g/mol. The molecule has 1 saturated heterocycles. The van der Waals surface area contributed by atoms with Gasteiger partial charge in [0.2, 0.25) is 0 Å². The van der Waals surface area contributed by atoms with Crippen molar-refractivity contribution in [1.82, 2.24) is 0 Å². The molecule has 0 bridgehead atoms. The third-order valence-corrected chi connectivity index (χ3v) is 5.24. The maximum atomic E-state index is 14.6. The first kappa shape index (κ1) is 18.4. The van der Waals surface area contributed by atoms with Gasteiger partial charge in [-0.3, -0.25) is 0 Å². The van der Waals surface area contributed by atoms with Crippen LogP contribution in [0.25, 0.3) is 0 Å². The molecule has 0 amide bonds. The van der Waals surface area contributed by atoms with Gasteiger partial charge in [-0.05, 0) is 57.6 Å². The molecule has 0 radical (unpaired) electrons. The number of hydrogen-bond acceptors (Lipinski definition) is 4. The second-order valence-electron chi connectivity index (χ2n) is 7.61. The van der Waals surface area contributed by atoms with E-state index in [1.807, 2.05) is 13.8 Å². The van der Waals surface area contributed by atoms with Gasteiger partial charge in [0.15, 0.2) is 11.6 Å². The van der Waals surface area contributed by atoms with E-state index in [9.17, 15) is 8.78 Å². The zero-order chi connectivity index (χ0) is 18.0. The summed E-state index contributed by atoms with van der Waals surface area (Å²) < 4.78 is 34.8. The summed E-state index contributed by atoms with van der Waals surface area (Å²) in [4.78, 5) is 1.75. The third kappa shape index (κ3) is 4.61. The highest BCUT2D eigenvalue weighted by molar-refractivity contribution is 5.58. The summed E-state index contributed by atoms with van der Waals surface area (Å²) in [7, 11) is 0. The molecule has 3 N–H and O–H groups in total. The van der Waals surface area contributed by atoms with Crippen molar-refractivity contribution < 1.29 is 13.5 Å². The number of nitrogens with two attached hydrogens (primary N) is 1. The molecule has 140 valence electrons. The highest BCUT2D eigenvalue weighted by Gasteiger charge is 2.27. The minimum Gasteiger partial charge on any atom is -0.385 e. The summed E-state index contributed by atoms with van der Waals surface area (Å²) in [6.45, 7) is 5.56. The third-order valence-electron chi connectivity index (χ3n) is 5.24. The number of rotatable bonds is 4. The minimum atomic E-state index is -0.519. The molecule has 1 aromatic carbocycles. The van der Waals surface area contributed by atoms with E-state index in [0.717, 1.165) is 32.2 Å². The molecule has 2 atom stereocenters. The molecule has 0 spiro atoms. The fourth-order valence-corrected chi connectivity index (χ4v) is 3.98. The highest BCUT2D eigenvalue weighted by Crippen LogP contribution is 2.30. The van der Waals surface area contributed by atoms with Crippen LogP contribution >= 0.6 is 0 Å². The van der Waals surface area contributed by atoms with E-state index in [1.54, 1.807) is 4.90 Å². The van der Waals surface area contributed by atoms with E-state index in [4.69, 9.17) is 10.5 Å². The van der Waals surface area contributed by atoms with Gasteiger partial charge in [-0.1, -0.05) is 0 Å². The van der Waals surface area contributed by atoms with Crippen LogP contribution in [0.5, 0.6) is 0 Å². The largest absolute Gasteiger partial charge is 0.385 e. The second kappa shape index (κ2) is 7.87. The molecule has 1 aliphatic heterocycles. The van der Waals surface area contributed by atoms with Gasteiger partial charge in [-0.25, -0.2) is 8.78 Å². The number of halogens is 2. The number of nitrogens with one attached hydrogen (secondary N) is 1. The van der Waals surface area contributed by atoms with Crippen molar-refractivity contribution in [2.45, 2.75) is 57.8 Å². The van der Waals surface area contributed by atoms with Crippen LogP contribution in [0.15, 0.2) is 12.1 Å². The second-order valence-corrected chi connectivity index (χ2v) is 7.61. The van der Waals surface area contributed by atoms with Crippen LogP contribution in [0.1, 0.15) is 39.5 Å². The van der Waals surface area contributed by atoms with E-state index in [2.05, 4.69) is 5.32 Å². The molecule has 0 unspecified atom stereocenters. The number of nitrogens with zero attached hydrogens (tertiary/aromatic N) is 1.